The summed E-state index contributed by atoms with van der Waals surface area (Å²) in [7, 11) is 0. The minimum atomic E-state index is 0.834. The molecule has 1 aromatic carbocycles. The quantitative estimate of drug-likeness (QED) is 0.442. The summed E-state index contributed by atoms with van der Waals surface area (Å²) < 4.78 is 0. The smallest absolute Gasteiger partial charge is 0.0594 e. The first-order chi connectivity index (χ1) is 6.25. The Balaban J connectivity index is 2.75. The van der Waals surface area contributed by atoms with Crippen LogP contribution in [-0.2, 0) is 0 Å². The summed E-state index contributed by atoms with van der Waals surface area (Å²) in [5.74, 6) is 6.72. The molecule has 0 amide bonds. The lowest BCUT2D eigenvalue weighted by atomic mass is 10.2. The van der Waals surface area contributed by atoms with Crippen molar-refractivity contribution in [3.63, 3.8) is 0 Å². The maximum atomic E-state index is 5.78. The second kappa shape index (κ2) is 4.84. The van der Waals surface area contributed by atoms with Crippen molar-refractivity contribution in [3.05, 3.63) is 23.8 Å². The molecule has 0 atom stereocenters. The maximum Gasteiger partial charge on any atom is 0.0594 e. The lowest BCUT2D eigenvalue weighted by Crippen LogP contribution is -1.90. The van der Waals surface area contributed by atoms with Crippen LogP contribution in [0.1, 0.15) is 12.5 Å². The summed E-state index contributed by atoms with van der Waals surface area (Å²) in [4.78, 5) is 1.22. The number of rotatable bonds is 2. The first-order valence-electron chi connectivity index (χ1n) is 4.13. The Kier molecular flexibility index (Phi) is 3.72. The van der Waals surface area contributed by atoms with Crippen molar-refractivity contribution in [1.82, 2.24) is 0 Å². The molecule has 1 aromatic rings. The van der Waals surface area contributed by atoms with Gasteiger partial charge in [-0.2, -0.15) is 0 Å². The monoisotopic (exact) mass is 191 g/mol. The lowest BCUT2D eigenvalue weighted by Gasteiger charge is -2.05. The molecule has 0 radical (unpaired) electrons. The van der Waals surface area contributed by atoms with Gasteiger partial charge in [0.15, 0.2) is 0 Å². The Morgan fingerprint density at radius 2 is 2.23 bits per heavy atom. The Hall–Kier alpha value is -1.07. The van der Waals surface area contributed by atoms with Gasteiger partial charge in [0, 0.05) is 10.6 Å². The number of hydrogen-bond donors (Lipinski definition) is 1. The summed E-state index contributed by atoms with van der Waals surface area (Å²) in [6.07, 6.45) is 0. The fraction of sp³-hybridized carbons (Fsp3) is 0.273. The molecule has 2 heteroatoms. The molecule has 0 aliphatic heterocycles. The third-order valence-corrected chi connectivity index (χ3v) is 2.84. The van der Waals surface area contributed by atoms with Crippen molar-refractivity contribution in [1.29, 1.82) is 0 Å². The number of hydrogen-bond acceptors (Lipinski definition) is 2. The highest BCUT2D eigenvalue weighted by atomic mass is 32.2. The molecule has 0 aromatic heterocycles. The van der Waals surface area contributed by atoms with Crippen LogP contribution in [0.5, 0.6) is 0 Å². The molecule has 0 saturated carbocycles. The molecule has 0 bridgehead atoms. The van der Waals surface area contributed by atoms with E-state index in [1.165, 1.54) is 4.90 Å². The molecule has 0 heterocycles. The number of anilines is 1. The van der Waals surface area contributed by atoms with E-state index in [0.717, 1.165) is 17.0 Å². The van der Waals surface area contributed by atoms with Crippen molar-refractivity contribution >= 4 is 17.4 Å². The third-order valence-electron chi connectivity index (χ3n) is 1.80. The molecule has 1 rings (SSSR count). The Labute approximate surface area is 83.7 Å². The molecule has 0 aliphatic rings. The second-order valence-corrected chi connectivity index (χ2v) is 3.70. The van der Waals surface area contributed by atoms with Crippen molar-refractivity contribution < 1.29 is 0 Å². The molecule has 0 aliphatic carbocycles. The Bertz CT molecular complexity index is 347. The van der Waals surface area contributed by atoms with Crippen LogP contribution in [0.2, 0.25) is 0 Å². The minimum Gasteiger partial charge on any atom is -0.398 e. The second-order valence-electron chi connectivity index (χ2n) is 2.69. The zero-order valence-corrected chi connectivity index (χ0v) is 8.74. The van der Waals surface area contributed by atoms with Crippen LogP contribution in [0.3, 0.4) is 0 Å². The van der Waals surface area contributed by atoms with Crippen LogP contribution >= 0.6 is 11.8 Å². The van der Waals surface area contributed by atoms with Gasteiger partial charge in [0.1, 0.15) is 0 Å². The van der Waals surface area contributed by atoms with Gasteiger partial charge in [-0.05, 0) is 31.5 Å². The fourth-order valence-electron chi connectivity index (χ4n) is 0.974. The van der Waals surface area contributed by atoms with Crippen LogP contribution < -0.4 is 5.73 Å². The van der Waals surface area contributed by atoms with Gasteiger partial charge in [-0.15, -0.1) is 17.7 Å². The molecule has 0 spiro atoms. The largest absolute Gasteiger partial charge is 0.398 e. The van der Waals surface area contributed by atoms with E-state index in [4.69, 9.17) is 5.73 Å². The Morgan fingerprint density at radius 3 is 2.92 bits per heavy atom. The van der Waals surface area contributed by atoms with Crippen LogP contribution in [0.25, 0.3) is 0 Å². The average Bonchev–Trinajstić information content (AvgIpc) is 2.13. The molecule has 68 valence electrons. The summed E-state index contributed by atoms with van der Waals surface area (Å²) in [5.41, 5.74) is 7.79. The summed E-state index contributed by atoms with van der Waals surface area (Å²) in [6, 6.07) is 5.97. The standard InChI is InChI=1S/C11H13NS/c1-3-4-8-13-11-7-5-6-10(12)9(11)2/h5-7H,8,12H2,1-2H3. The SMILES string of the molecule is CC#CCSc1cccc(N)c1C. The van der Waals surface area contributed by atoms with E-state index in [-0.39, 0.29) is 0 Å². The molecule has 13 heavy (non-hydrogen) atoms. The topological polar surface area (TPSA) is 26.0 Å². The van der Waals surface area contributed by atoms with E-state index in [1.54, 1.807) is 11.8 Å². The zero-order chi connectivity index (χ0) is 9.68. The van der Waals surface area contributed by atoms with E-state index in [1.807, 2.05) is 26.0 Å². The van der Waals surface area contributed by atoms with Gasteiger partial charge in [-0.1, -0.05) is 12.0 Å². The molecule has 2 N–H and O–H groups in total. The highest BCUT2D eigenvalue weighted by molar-refractivity contribution is 7.99. The van der Waals surface area contributed by atoms with Crippen LogP contribution in [-0.4, -0.2) is 5.75 Å². The highest BCUT2D eigenvalue weighted by Gasteiger charge is 1.99. The predicted octanol–water partition coefficient (Wildman–Crippen LogP) is 2.69. The average molecular weight is 191 g/mol. The minimum absolute atomic E-state index is 0.834. The maximum absolute atomic E-state index is 5.78. The normalized spacial score (nSPS) is 9.08. The summed E-state index contributed by atoms with van der Waals surface area (Å²) in [5, 5.41) is 0. The first kappa shape index (κ1) is 10.0. The van der Waals surface area contributed by atoms with Gasteiger partial charge in [-0.25, -0.2) is 0 Å². The van der Waals surface area contributed by atoms with Crippen LogP contribution in [0.15, 0.2) is 23.1 Å². The van der Waals surface area contributed by atoms with Crippen molar-refractivity contribution in [2.75, 3.05) is 11.5 Å². The summed E-state index contributed by atoms with van der Waals surface area (Å²) >= 11 is 1.73. The molecule has 0 saturated heterocycles. The molecule has 0 unspecified atom stereocenters. The predicted molar refractivity (Wildman–Crippen MR) is 59.8 cm³/mol. The first-order valence-corrected chi connectivity index (χ1v) is 5.11. The molecule has 0 fully saturated rings. The van der Waals surface area contributed by atoms with Gasteiger partial charge in [0.2, 0.25) is 0 Å². The van der Waals surface area contributed by atoms with E-state index in [0.29, 0.717) is 0 Å². The fourth-order valence-corrected chi connectivity index (χ4v) is 1.85. The zero-order valence-electron chi connectivity index (χ0n) is 7.92. The lowest BCUT2D eigenvalue weighted by molar-refractivity contribution is 1.31. The summed E-state index contributed by atoms with van der Waals surface area (Å²) in [6.45, 7) is 3.89. The van der Waals surface area contributed by atoms with Gasteiger partial charge in [0.05, 0.1) is 5.75 Å². The third kappa shape index (κ3) is 2.71. The van der Waals surface area contributed by atoms with Crippen LogP contribution in [0, 0.1) is 18.8 Å². The van der Waals surface area contributed by atoms with E-state index in [9.17, 15) is 0 Å². The van der Waals surface area contributed by atoms with Gasteiger partial charge >= 0.3 is 0 Å². The number of nitrogen functional groups attached to an aromatic ring is 1. The van der Waals surface area contributed by atoms with Gasteiger partial charge < -0.3 is 5.73 Å². The number of thioether (sulfide) groups is 1. The van der Waals surface area contributed by atoms with E-state index in [2.05, 4.69) is 17.9 Å². The van der Waals surface area contributed by atoms with Gasteiger partial charge in [-0.3, -0.25) is 0 Å². The van der Waals surface area contributed by atoms with Crippen molar-refractivity contribution in [2.24, 2.45) is 0 Å². The van der Waals surface area contributed by atoms with E-state index < -0.39 is 0 Å². The number of benzene rings is 1. The van der Waals surface area contributed by atoms with Gasteiger partial charge in [0.25, 0.3) is 0 Å². The number of nitrogens with two attached hydrogens (primary N) is 1. The Morgan fingerprint density at radius 1 is 1.46 bits per heavy atom. The van der Waals surface area contributed by atoms with Crippen molar-refractivity contribution in [3.8, 4) is 11.8 Å². The molecule has 1 nitrogen and oxygen atoms in total. The molecular weight excluding hydrogens is 178 g/mol. The van der Waals surface area contributed by atoms with Crippen LogP contribution in [0.4, 0.5) is 5.69 Å². The highest BCUT2D eigenvalue weighted by Crippen LogP contribution is 2.25. The van der Waals surface area contributed by atoms with Crippen molar-refractivity contribution in [2.45, 2.75) is 18.7 Å². The molecular formula is C11H13NS. The van der Waals surface area contributed by atoms with E-state index >= 15 is 0 Å².